The summed E-state index contributed by atoms with van der Waals surface area (Å²) in [7, 11) is 3.16. The Balaban J connectivity index is 1.48. The van der Waals surface area contributed by atoms with E-state index in [0.717, 1.165) is 22.0 Å². The standard InChI is InChI=1S/C21H23N3O4/c1-27-16-9-14(10-17(12-16)28-2)7-8-20(25)23-24-21(26)11-15-13-22-19-6-4-3-5-18(15)19/h3-6,9-10,12-13,22H,7-8,11H2,1-2H3,(H,23,25)(H,24,26). The monoisotopic (exact) mass is 381 g/mol. The van der Waals surface area contributed by atoms with Gasteiger partial charge in [0.2, 0.25) is 11.8 Å². The molecule has 0 aliphatic rings. The topological polar surface area (TPSA) is 92.5 Å². The number of amides is 2. The molecule has 1 heterocycles. The van der Waals surface area contributed by atoms with Crippen LogP contribution in [-0.4, -0.2) is 31.0 Å². The first-order valence-corrected chi connectivity index (χ1v) is 8.93. The predicted molar refractivity (Wildman–Crippen MR) is 106 cm³/mol. The highest BCUT2D eigenvalue weighted by Gasteiger charge is 2.10. The van der Waals surface area contributed by atoms with E-state index in [1.54, 1.807) is 20.3 Å². The molecule has 1 aromatic heterocycles. The number of hydrogen-bond donors (Lipinski definition) is 3. The Hall–Kier alpha value is -3.48. The van der Waals surface area contributed by atoms with Crippen molar-refractivity contribution in [2.75, 3.05) is 14.2 Å². The van der Waals surface area contributed by atoms with Crippen LogP contribution >= 0.6 is 0 Å². The molecule has 0 saturated heterocycles. The smallest absolute Gasteiger partial charge is 0.242 e. The second-order valence-corrected chi connectivity index (χ2v) is 6.35. The summed E-state index contributed by atoms with van der Waals surface area (Å²) in [5.74, 6) is 0.791. The number of aromatic nitrogens is 1. The molecule has 146 valence electrons. The maximum atomic E-state index is 12.1. The summed E-state index contributed by atoms with van der Waals surface area (Å²) in [6.07, 6.45) is 2.71. The lowest BCUT2D eigenvalue weighted by molar-refractivity contribution is -0.128. The molecule has 0 fully saturated rings. The van der Waals surface area contributed by atoms with E-state index < -0.39 is 0 Å². The highest BCUT2D eigenvalue weighted by molar-refractivity contribution is 5.89. The molecule has 0 aliphatic carbocycles. The molecule has 28 heavy (non-hydrogen) atoms. The van der Waals surface area contributed by atoms with Crippen LogP contribution in [0.3, 0.4) is 0 Å². The van der Waals surface area contributed by atoms with Crippen molar-refractivity contribution in [1.82, 2.24) is 15.8 Å². The largest absolute Gasteiger partial charge is 0.497 e. The summed E-state index contributed by atoms with van der Waals surface area (Å²) < 4.78 is 10.4. The van der Waals surface area contributed by atoms with Crippen LogP contribution in [0.5, 0.6) is 11.5 Å². The Morgan fingerprint density at radius 1 is 0.964 bits per heavy atom. The summed E-state index contributed by atoms with van der Waals surface area (Å²) >= 11 is 0. The van der Waals surface area contributed by atoms with Crippen molar-refractivity contribution in [2.45, 2.75) is 19.3 Å². The van der Waals surface area contributed by atoms with E-state index in [1.807, 2.05) is 42.6 Å². The molecule has 0 bridgehead atoms. The van der Waals surface area contributed by atoms with Gasteiger partial charge >= 0.3 is 0 Å². The van der Waals surface area contributed by atoms with E-state index >= 15 is 0 Å². The van der Waals surface area contributed by atoms with Crippen LogP contribution in [0.2, 0.25) is 0 Å². The van der Waals surface area contributed by atoms with Crippen molar-refractivity contribution in [2.24, 2.45) is 0 Å². The molecule has 3 N–H and O–H groups in total. The Bertz CT molecular complexity index is 958. The molecule has 3 rings (SSSR count). The number of nitrogens with one attached hydrogen (secondary N) is 3. The molecular formula is C21H23N3O4. The first-order chi connectivity index (χ1) is 13.6. The van der Waals surface area contributed by atoms with Crippen molar-refractivity contribution in [3.63, 3.8) is 0 Å². The molecule has 7 nitrogen and oxygen atoms in total. The molecule has 0 unspecified atom stereocenters. The lowest BCUT2D eigenvalue weighted by Crippen LogP contribution is -2.42. The molecule has 0 aliphatic heterocycles. The first kappa shape index (κ1) is 19.3. The lowest BCUT2D eigenvalue weighted by atomic mass is 10.1. The molecule has 2 aromatic carbocycles. The molecule has 0 radical (unpaired) electrons. The zero-order chi connectivity index (χ0) is 19.9. The van der Waals surface area contributed by atoms with E-state index in [0.29, 0.717) is 17.9 Å². The van der Waals surface area contributed by atoms with Crippen LogP contribution < -0.4 is 20.3 Å². The maximum Gasteiger partial charge on any atom is 0.242 e. The number of carbonyl (C=O) groups excluding carboxylic acids is 2. The predicted octanol–water partition coefficient (Wildman–Crippen LogP) is 2.51. The maximum absolute atomic E-state index is 12.1. The van der Waals surface area contributed by atoms with Gasteiger partial charge in [-0.15, -0.1) is 0 Å². The van der Waals surface area contributed by atoms with Crippen LogP contribution in [0, 0.1) is 0 Å². The van der Waals surface area contributed by atoms with Gasteiger partial charge in [-0.3, -0.25) is 20.4 Å². The fourth-order valence-corrected chi connectivity index (χ4v) is 2.97. The van der Waals surface area contributed by atoms with E-state index in [2.05, 4.69) is 15.8 Å². The zero-order valence-electron chi connectivity index (χ0n) is 15.9. The van der Waals surface area contributed by atoms with E-state index in [9.17, 15) is 9.59 Å². The number of carbonyl (C=O) groups is 2. The van der Waals surface area contributed by atoms with Gasteiger partial charge in [-0.1, -0.05) is 18.2 Å². The Labute approximate surface area is 163 Å². The van der Waals surface area contributed by atoms with Gasteiger partial charge in [-0.2, -0.15) is 0 Å². The number of hydrogen-bond acceptors (Lipinski definition) is 4. The summed E-state index contributed by atoms with van der Waals surface area (Å²) in [4.78, 5) is 27.3. The third-order valence-electron chi connectivity index (χ3n) is 4.42. The van der Waals surface area contributed by atoms with Crippen molar-refractivity contribution in [3.05, 3.63) is 59.8 Å². The van der Waals surface area contributed by atoms with Crippen LogP contribution in [0.25, 0.3) is 10.9 Å². The lowest BCUT2D eigenvalue weighted by Gasteiger charge is -2.09. The van der Waals surface area contributed by atoms with Gasteiger partial charge in [0.05, 0.1) is 20.6 Å². The van der Waals surface area contributed by atoms with Gasteiger partial charge < -0.3 is 14.5 Å². The van der Waals surface area contributed by atoms with E-state index in [1.165, 1.54) is 0 Å². The Morgan fingerprint density at radius 2 is 1.64 bits per heavy atom. The summed E-state index contributed by atoms with van der Waals surface area (Å²) in [5.41, 5.74) is 7.69. The summed E-state index contributed by atoms with van der Waals surface area (Å²) in [6, 6.07) is 13.2. The van der Waals surface area contributed by atoms with Crippen molar-refractivity contribution in [3.8, 4) is 11.5 Å². The van der Waals surface area contributed by atoms with Crippen molar-refractivity contribution >= 4 is 22.7 Å². The van der Waals surface area contributed by atoms with Gasteiger partial charge in [0, 0.05) is 29.6 Å². The van der Waals surface area contributed by atoms with E-state index in [4.69, 9.17) is 9.47 Å². The fourth-order valence-electron chi connectivity index (χ4n) is 2.97. The number of para-hydroxylation sites is 1. The minimum Gasteiger partial charge on any atom is -0.497 e. The number of benzene rings is 2. The van der Waals surface area contributed by atoms with Crippen LogP contribution in [0.4, 0.5) is 0 Å². The number of aromatic amines is 1. The van der Waals surface area contributed by atoms with Gasteiger partial charge in [-0.25, -0.2) is 0 Å². The van der Waals surface area contributed by atoms with Gasteiger partial charge in [-0.05, 0) is 35.7 Å². The van der Waals surface area contributed by atoms with Gasteiger partial charge in [0.25, 0.3) is 0 Å². The highest BCUT2D eigenvalue weighted by atomic mass is 16.5. The normalized spacial score (nSPS) is 10.5. The number of aryl methyl sites for hydroxylation is 1. The Morgan fingerprint density at radius 3 is 2.36 bits per heavy atom. The number of ether oxygens (including phenoxy) is 2. The molecule has 2 amide bonds. The second kappa shape index (κ2) is 8.94. The third kappa shape index (κ3) is 4.82. The average Bonchev–Trinajstić information content (AvgIpc) is 3.13. The molecular weight excluding hydrogens is 358 g/mol. The average molecular weight is 381 g/mol. The van der Waals surface area contributed by atoms with Gasteiger partial charge in [0.15, 0.2) is 0 Å². The van der Waals surface area contributed by atoms with Crippen molar-refractivity contribution < 1.29 is 19.1 Å². The van der Waals surface area contributed by atoms with Gasteiger partial charge in [0.1, 0.15) is 11.5 Å². The van der Waals surface area contributed by atoms with Crippen LogP contribution in [0.15, 0.2) is 48.7 Å². The highest BCUT2D eigenvalue weighted by Crippen LogP contribution is 2.23. The quantitative estimate of drug-likeness (QED) is 0.548. The molecule has 0 saturated carbocycles. The fraction of sp³-hybridized carbons (Fsp3) is 0.238. The summed E-state index contributed by atoms with van der Waals surface area (Å²) in [6.45, 7) is 0. The molecule has 0 spiro atoms. The first-order valence-electron chi connectivity index (χ1n) is 8.93. The van der Waals surface area contributed by atoms with Crippen LogP contribution in [0.1, 0.15) is 17.5 Å². The van der Waals surface area contributed by atoms with E-state index in [-0.39, 0.29) is 24.7 Å². The zero-order valence-corrected chi connectivity index (χ0v) is 15.9. The number of rotatable bonds is 7. The second-order valence-electron chi connectivity index (χ2n) is 6.35. The Kier molecular flexibility index (Phi) is 6.16. The molecule has 3 aromatic rings. The SMILES string of the molecule is COc1cc(CCC(=O)NNC(=O)Cc2c[nH]c3ccccc23)cc(OC)c1. The number of methoxy groups -OCH3 is 2. The number of fused-ring (bicyclic) bond motifs is 1. The molecule has 0 atom stereocenters. The number of H-pyrrole nitrogens is 1. The van der Waals surface area contributed by atoms with Crippen molar-refractivity contribution in [1.29, 1.82) is 0 Å². The minimum atomic E-state index is -0.277. The minimum absolute atomic E-state index is 0.178. The van der Waals surface area contributed by atoms with Crippen LogP contribution in [-0.2, 0) is 22.4 Å². The third-order valence-corrected chi connectivity index (χ3v) is 4.42. The summed E-state index contributed by atoms with van der Waals surface area (Å²) in [5, 5.41) is 0.996. The number of hydrazine groups is 1. The molecule has 7 heteroatoms.